The number of carbonyl (C=O) groups is 1. The van der Waals surface area contributed by atoms with Crippen molar-refractivity contribution in [1.82, 2.24) is 4.98 Å². The highest BCUT2D eigenvalue weighted by Gasteiger charge is 2.08. The SMILES string of the molecule is Nc1ncccc1CC(=O)CSc1ccccc1Br. The summed E-state index contributed by atoms with van der Waals surface area (Å²) in [6.45, 7) is 0. The third-order valence-corrected chi connectivity index (χ3v) is 4.63. The molecule has 0 saturated heterocycles. The molecule has 98 valence electrons. The molecule has 0 fully saturated rings. The van der Waals surface area contributed by atoms with Gasteiger partial charge in [0.05, 0.1) is 5.75 Å². The van der Waals surface area contributed by atoms with Crippen molar-refractivity contribution >= 4 is 39.3 Å². The lowest BCUT2D eigenvalue weighted by Gasteiger charge is -2.05. The Morgan fingerprint density at radius 3 is 2.79 bits per heavy atom. The average molecular weight is 337 g/mol. The van der Waals surface area contributed by atoms with E-state index in [0.29, 0.717) is 18.0 Å². The summed E-state index contributed by atoms with van der Waals surface area (Å²) >= 11 is 4.99. The Morgan fingerprint density at radius 2 is 2.05 bits per heavy atom. The van der Waals surface area contributed by atoms with Crippen LogP contribution < -0.4 is 5.73 Å². The molecule has 1 aromatic heterocycles. The summed E-state index contributed by atoms with van der Waals surface area (Å²) in [6, 6.07) is 11.5. The van der Waals surface area contributed by atoms with Gasteiger partial charge >= 0.3 is 0 Å². The highest BCUT2D eigenvalue weighted by Crippen LogP contribution is 2.27. The predicted molar refractivity (Wildman–Crippen MR) is 82.2 cm³/mol. The second-order valence-electron chi connectivity index (χ2n) is 3.98. The largest absolute Gasteiger partial charge is 0.383 e. The van der Waals surface area contributed by atoms with Gasteiger partial charge in [-0.1, -0.05) is 18.2 Å². The zero-order valence-electron chi connectivity index (χ0n) is 10.2. The molecule has 0 radical (unpaired) electrons. The highest BCUT2D eigenvalue weighted by molar-refractivity contribution is 9.10. The Morgan fingerprint density at radius 1 is 1.26 bits per heavy atom. The van der Waals surface area contributed by atoms with E-state index >= 15 is 0 Å². The van der Waals surface area contributed by atoms with E-state index in [-0.39, 0.29) is 5.78 Å². The van der Waals surface area contributed by atoms with Crippen LogP contribution in [0.4, 0.5) is 5.82 Å². The minimum Gasteiger partial charge on any atom is -0.383 e. The molecule has 2 aromatic rings. The lowest BCUT2D eigenvalue weighted by molar-refractivity contribution is -0.116. The summed E-state index contributed by atoms with van der Waals surface area (Å²) < 4.78 is 1.01. The number of ketones is 1. The van der Waals surface area contributed by atoms with Gasteiger partial charge < -0.3 is 5.73 Å². The first kappa shape index (κ1) is 14.1. The van der Waals surface area contributed by atoms with Crippen LogP contribution in [0.15, 0.2) is 52.0 Å². The lowest BCUT2D eigenvalue weighted by atomic mass is 10.1. The number of nitrogen functional groups attached to an aromatic ring is 1. The van der Waals surface area contributed by atoms with E-state index in [9.17, 15) is 4.79 Å². The first-order valence-corrected chi connectivity index (χ1v) is 7.53. The van der Waals surface area contributed by atoms with E-state index in [1.807, 2.05) is 30.3 Å². The molecule has 0 unspecified atom stereocenters. The number of hydrogen-bond donors (Lipinski definition) is 1. The molecular formula is C14H13BrN2OS. The molecule has 0 bridgehead atoms. The molecule has 0 atom stereocenters. The molecule has 0 aliphatic carbocycles. The zero-order chi connectivity index (χ0) is 13.7. The Bertz CT molecular complexity index is 589. The van der Waals surface area contributed by atoms with Crippen molar-refractivity contribution in [3.63, 3.8) is 0 Å². The maximum absolute atomic E-state index is 11.9. The van der Waals surface area contributed by atoms with E-state index < -0.39 is 0 Å². The molecule has 0 saturated carbocycles. The number of Topliss-reactive ketones (excluding diaryl/α,β-unsaturated/α-hetero) is 1. The minimum absolute atomic E-state index is 0.139. The van der Waals surface area contributed by atoms with Crippen LogP contribution in [0.2, 0.25) is 0 Å². The van der Waals surface area contributed by atoms with Crippen LogP contribution in [-0.2, 0) is 11.2 Å². The summed E-state index contributed by atoms with van der Waals surface area (Å²) in [6.07, 6.45) is 1.95. The molecule has 3 nitrogen and oxygen atoms in total. The first-order chi connectivity index (χ1) is 9.16. The van der Waals surface area contributed by atoms with E-state index in [0.717, 1.165) is 14.9 Å². The van der Waals surface area contributed by atoms with E-state index in [1.54, 1.807) is 12.3 Å². The van der Waals surface area contributed by atoms with Crippen molar-refractivity contribution < 1.29 is 4.79 Å². The van der Waals surface area contributed by atoms with Gasteiger partial charge in [0.2, 0.25) is 0 Å². The summed E-state index contributed by atoms with van der Waals surface area (Å²) in [7, 11) is 0. The number of carbonyl (C=O) groups excluding carboxylic acids is 1. The highest BCUT2D eigenvalue weighted by atomic mass is 79.9. The molecule has 0 aliphatic heterocycles. The van der Waals surface area contributed by atoms with Crippen LogP contribution in [0, 0.1) is 0 Å². The average Bonchev–Trinajstić information content (AvgIpc) is 2.40. The smallest absolute Gasteiger partial charge is 0.147 e. The number of aromatic nitrogens is 1. The lowest BCUT2D eigenvalue weighted by Crippen LogP contribution is -2.08. The fourth-order valence-corrected chi connectivity index (χ4v) is 3.01. The summed E-state index contributed by atoms with van der Waals surface area (Å²) in [4.78, 5) is 17.0. The van der Waals surface area contributed by atoms with Crippen molar-refractivity contribution in [3.8, 4) is 0 Å². The van der Waals surface area contributed by atoms with Gasteiger partial charge in [0.25, 0.3) is 0 Å². The van der Waals surface area contributed by atoms with Crippen LogP contribution in [0.25, 0.3) is 0 Å². The number of nitrogens with zero attached hydrogens (tertiary/aromatic N) is 1. The molecular weight excluding hydrogens is 324 g/mol. The summed E-state index contributed by atoms with van der Waals surface area (Å²) in [5.74, 6) is 0.999. The molecule has 0 amide bonds. The number of rotatable bonds is 5. The Hall–Kier alpha value is -1.33. The standard InChI is InChI=1S/C14H13BrN2OS/c15-12-5-1-2-6-13(12)19-9-11(18)8-10-4-3-7-17-14(10)16/h1-7H,8-9H2,(H2,16,17). The van der Waals surface area contributed by atoms with Crippen LogP contribution in [0.1, 0.15) is 5.56 Å². The Labute approximate surface area is 124 Å². The Balaban J connectivity index is 1.92. The third-order valence-electron chi connectivity index (χ3n) is 2.54. The molecule has 1 heterocycles. The molecule has 0 aliphatic rings. The number of thioether (sulfide) groups is 1. The molecule has 2 rings (SSSR count). The fourth-order valence-electron chi connectivity index (χ4n) is 1.58. The number of halogens is 1. The number of anilines is 1. The van der Waals surface area contributed by atoms with Gasteiger partial charge in [-0.3, -0.25) is 4.79 Å². The second kappa shape index (κ2) is 6.73. The predicted octanol–water partition coefficient (Wildman–Crippen LogP) is 3.33. The molecule has 0 spiro atoms. The van der Waals surface area contributed by atoms with Gasteiger partial charge in [-0.05, 0) is 34.1 Å². The molecule has 1 aromatic carbocycles. The maximum atomic E-state index is 11.9. The van der Waals surface area contributed by atoms with Gasteiger partial charge in [-0.15, -0.1) is 11.8 Å². The van der Waals surface area contributed by atoms with Gasteiger partial charge in [0, 0.05) is 27.5 Å². The number of pyridine rings is 1. The van der Waals surface area contributed by atoms with Crippen molar-refractivity contribution in [3.05, 3.63) is 52.6 Å². The van der Waals surface area contributed by atoms with E-state index in [4.69, 9.17) is 5.73 Å². The van der Waals surface area contributed by atoms with E-state index in [2.05, 4.69) is 20.9 Å². The fraction of sp³-hybridized carbons (Fsp3) is 0.143. The number of hydrogen-bond acceptors (Lipinski definition) is 4. The van der Waals surface area contributed by atoms with Gasteiger partial charge in [-0.25, -0.2) is 4.98 Å². The van der Waals surface area contributed by atoms with Crippen LogP contribution in [0.3, 0.4) is 0 Å². The molecule has 2 N–H and O–H groups in total. The van der Waals surface area contributed by atoms with E-state index in [1.165, 1.54) is 11.8 Å². The quantitative estimate of drug-likeness (QED) is 0.851. The normalized spacial score (nSPS) is 10.4. The number of benzene rings is 1. The van der Waals surface area contributed by atoms with Crippen LogP contribution >= 0.6 is 27.7 Å². The second-order valence-corrected chi connectivity index (χ2v) is 5.85. The van der Waals surface area contributed by atoms with Crippen LogP contribution in [0.5, 0.6) is 0 Å². The van der Waals surface area contributed by atoms with Crippen molar-refractivity contribution in [2.75, 3.05) is 11.5 Å². The van der Waals surface area contributed by atoms with Crippen molar-refractivity contribution in [1.29, 1.82) is 0 Å². The van der Waals surface area contributed by atoms with Crippen LogP contribution in [-0.4, -0.2) is 16.5 Å². The maximum Gasteiger partial charge on any atom is 0.147 e. The van der Waals surface area contributed by atoms with Crippen molar-refractivity contribution in [2.45, 2.75) is 11.3 Å². The molecule has 5 heteroatoms. The van der Waals surface area contributed by atoms with Gasteiger partial charge in [-0.2, -0.15) is 0 Å². The Kier molecular flexibility index (Phi) is 4.99. The van der Waals surface area contributed by atoms with Gasteiger partial charge in [0.1, 0.15) is 11.6 Å². The summed E-state index contributed by atoms with van der Waals surface area (Å²) in [5.41, 5.74) is 6.51. The minimum atomic E-state index is 0.139. The van der Waals surface area contributed by atoms with Crippen molar-refractivity contribution in [2.24, 2.45) is 0 Å². The van der Waals surface area contributed by atoms with Gasteiger partial charge in [0.15, 0.2) is 0 Å². The summed E-state index contributed by atoms with van der Waals surface area (Å²) in [5, 5.41) is 0. The molecule has 19 heavy (non-hydrogen) atoms. The number of nitrogens with two attached hydrogens (primary N) is 1. The third kappa shape index (κ3) is 4.08. The monoisotopic (exact) mass is 336 g/mol. The first-order valence-electron chi connectivity index (χ1n) is 5.75. The topological polar surface area (TPSA) is 56.0 Å². The zero-order valence-corrected chi connectivity index (χ0v) is 12.6.